The van der Waals surface area contributed by atoms with Crippen molar-refractivity contribution in [2.45, 2.75) is 39.8 Å². The van der Waals surface area contributed by atoms with Crippen molar-refractivity contribution in [3.05, 3.63) is 35.4 Å². The van der Waals surface area contributed by atoms with Crippen molar-refractivity contribution in [1.82, 2.24) is 9.80 Å². The van der Waals surface area contributed by atoms with Gasteiger partial charge in [0.25, 0.3) is 0 Å². The Balaban J connectivity index is 0.00000264. The molecule has 128 valence electrons. The van der Waals surface area contributed by atoms with Gasteiger partial charge in [0.1, 0.15) is 0 Å². The lowest BCUT2D eigenvalue weighted by atomic mass is 10.1. The highest BCUT2D eigenvalue weighted by Crippen LogP contribution is 2.15. The molecule has 2 rings (SSSR count). The van der Waals surface area contributed by atoms with Gasteiger partial charge in [0.15, 0.2) is 5.96 Å². The van der Waals surface area contributed by atoms with E-state index in [0.29, 0.717) is 25.5 Å². The molecule has 1 fully saturated rings. The maximum absolute atomic E-state index is 11.6. The number of rotatable bonds is 6. The zero-order valence-electron chi connectivity index (χ0n) is 14.0. The van der Waals surface area contributed by atoms with Crippen LogP contribution in [0, 0.1) is 0 Å². The number of hydrogen-bond acceptors (Lipinski definition) is 2. The summed E-state index contributed by atoms with van der Waals surface area (Å²) in [6, 6.07) is 8.28. The van der Waals surface area contributed by atoms with E-state index >= 15 is 0 Å². The minimum absolute atomic E-state index is 0. The highest BCUT2D eigenvalue weighted by atomic mass is 127. The second kappa shape index (κ2) is 9.75. The molecule has 0 atom stereocenters. The number of nitrogens with two attached hydrogens (primary N) is 1. The fraction of sp³-hybridized carbons (Fsp3) is 0.529. The van der Waals surface area contributed by atoms with E-state index in [1.54, 1.807) is 0 Å². The number of carbonyl (C=O) groups excluding carboxylic acids is 1. The first kappa shape index (κ1) is 19.7. The summed E-state index contributed by atoms with van der Waals surface area (Å²) in [7, 11) is 0. The standard InChI is InChI=1S/C17H26N4O.HI/c1-3-20(4-2)17(18)19-12-14-7-9-15(10-8-14)13-21-11-5-6-16(21)22;/h7-10H,3-6,11-13H2,1-2H3,(H2,18,19);1H. The third-order valence-electron chi connectivity index (χ3n) is 4.08. The van der Waals surface area contributed by atoms with Crippen LogP contribution in [0.15, 0.2) is 29.3 Å². The van der Waals surface area contributed by atoms with Gasteiger partial charge in [-0.25, -0.2) is 4.99 Å². The van der Waals surface area contributed by atoms with E-state index in [1.165, 1.54) is 5.56 Å². The summed E-state index contributed by atoms with van der Waals surface area (Å²) >= 11 is 0. The summed E-state index contributed by atoms with van der Waals surface area (Å²) in [6.07, 6.45) is 1.67. The minimum Gasteiger partial charge on any atom is -0.370 e. The Kier molecular flexibility index (Phi) is 8.36. The molecule has 0 radical (unpaired) electrons. The van der Waals surface area contributed by atoms with Crippen molar-refractivity contribution in [2.75, 3.05) is 19.6 Å². The number of halogens is 1. The fourth-order valence-corrected chi connectivity index (χ4v) is 2.66. The van der Waals surface area contributed by atoms with Crippen molar-refractivity contribution in [1.29, 1.82) is 0 Å². The Hall–Kier alpha value is -1.31. The molecule has 1 aliphatic heterocycles. The Morgan fingerprint density at radius 1 is 1.22 bits per heavy atom. The zero-order valence-corrected chi connectivity index (χ0v) is 16.3. The summed E-state index contributed by atoms with van der Waals surface area (Å²) in [4.78, 5) is 20.0. The van der Waals surface area contributed by atoms with Gasteiger partial charge in [0.05, 0.1) is 6.54 Å². The van der Waals surface area contributed by atoms with Crippen LogP contribution in [-0.2, 0) is 17.9 Å². The van der Waals surface area contributed by atoms with Crippen LogP contribution in [0.4, 0.5) is 0 Å². The van der Waals surface area contributed by atoms with Gasteiger partial charge in [0.2, 0.25) is 5.91 Å². The second-order valence-corrected chi connectivity index (χ2v) is 5.58. The largest absolute Gasteiger partial charge is 0.370 e. The SMILES string of the molecule is CCN(CC)C(N)=NCc1ccc(CN2CCCC2=O)cc1.I. The van der Waals surface area contributed by atoms with Crippen LogP contribution in [-0.4, -0.2) is 41.3 Å². The molecular formula is C17H27IN4O. The molecule has 1 saturated heterocycles. The van der Waals surface area contributed by atoms with Gasteiger partial charge in [-0.1, -0.05) is 24.3 Å². The molecule has 1 heterocycles. The number of amides is 1. The maximum Gasteiger partial charge on any atom is 0.222 e. The lowest BCUT2D eigenvalue weighted by molar-refractivity contribution is -0.128. The number of benzene rings is 1. The average Bonchev–Trinajstić information content (AvgIpc) is 2.93. The monoisotopic (exact) mass is 430 g/mol. The Bertz CT molecular complexity index is 526. The van der Waals surface area contributed by atoms with Crippen LogP contribution in [0.3, 0.4) is 0 Å². The molecule has 2 N–H and O–H groups in total. The van der Waals surface area contributed by atoms with Gasteiger partial charge in [-0.3, -0.25) is 4.79 Å². The third kappa shape index (κ3) is 5.67. The average molecular weight is 430 g/mol. The summed E-state index contributed by atoms with van der Waals surface area (Å²) in [5.74, 6) is 0.859. The molecule has 0 spiro atoms. The molecule has 1 aromatic rings. The Morgan fingerprint density at radius 3 is 2.35 bits per heavy atom. The molecule has 0 saturated carbocycles. The van der Waals surface area contributed by atoms with Gasteiger partial charge in [-0.15, -0.1) is 24.0 Å². The molecule has 0 aromatic heterocycles. The number of nitrogens with zero attached hydrogens (tertiary/aromatic N) is 3. The van der Waals surface area contributed by atoms with Gasteiger partial charge < -0.3 is 15.5 Å². The molecule has 1 amide bonds. The van der Waals surface area contributed by atoms with Crippen molar-refractivity contribution in [2.24, 2.45) is 10.7 Å². The number of guanidine groups is 1. The van der Waals surface area contributed by atoms with Crippen LogP contribution in [0.2, 0.25) is 0 Å². The number of aliphatic imine (C=N–C) groups is 1. The highest BCUT2D eigenvalue weighted by molar-refractivity contribution is 14.0. The fourth-order valence-electron chi connectivity index (χ4n) is 2.66. The molecule has 0 aliphatic carbocycles. The first-order valence-electron chi connectivity index (χ1n) is 8.04. The van der Waals surface area contributed by atoms with Crippen LogP contribution in [0.5, 0.6) is 0 Å². The van der Waals surface area contributed by atoms with Crippen LogP contribution < -0.4 is 5.73 Å². The highest BCUT2D eigenvalue weighted by Gasteiger charge is 2.19. The quantitative estimate of drug-likeness (QED) is 0.429. The van der Waals surface area contributed by atoms with Crippen molar-refractivity contribution in [3.8, 4) is 0 Å². The molecule has 5 nitrogen and oxygen atoms in total. The van der Waals surface area contributed by atoms with Crippen molar-refractivity contribution in [3.63, 3.8) is 0 Å². The van der Waals surface area contributed by atoms with E-state index in [-0.39, 0.29) is 29.9 Å². The Labute approximate surface area is 156 Å². The number of likely N-dealkylation sites (tertiary alicyclic amines) is 1. The molecule has 6 heteroatoms. The van der Waals surface area contributed by atoms with Crippen molar-refractivity contribution >= 4 is 35.8 Å². The lowest BCUT2D eigenvalue weighted by Crippen LogP contribution is -2.37. The lowest BCUT2D eigenvalue weighted by Gasteiger charge is -2.19. The van der Waals surface area contributed by atoms with E-state index in [4.69, 9.17) is 5.73 Å². The van der Waals surface area contributed by atoms with Gasteiger partial charge >= 0.3 is 0 Å². The smallest absolute Gasteiger partial charge is 0.222 e. The maximum atomic E-state index is 11.6. The van der Waals surface area contributed by atoms with Crippen LogP contribution in [0.25, 0.3) is 0 Å². The molecule has 1 aliphatic rings. The number of hydrogen-bond donors (Lipinski definition) is 1. The third-order valence-corrected chi connectivity index (χ3v) is 4.08. The van der Waals surface area contributed by atoms with Gasteiger partial charge in [-0.05, 0) is 31.4 Å². The molecule has 23 heavy (non-hydrogen) atoms. The zero-order chi connectivity index (χ0) is 15.9. The topological polar surface area (TPSA) is 61.9 Å². The van der Waals surface area contributed by atoms with E-state index in [0.717, 1.165) is 31.6 Å². The summed E-state index contributed by atoms with van der Waals surface area (Å²) in [5.41, 5.74) is 8.27. The van der Waals surface area contributed by atoms with E-state index in [2.05, 4.69) is 43.1 Å². The summed E-state index contributed by atoms with van der Waals surface area (Å²) in [6.45, 7) is 8.06. The first-order valence-corrected chi connectivity index (χ1v) is 8.04. The Morgan fingerprint density at radius 2 is 1.83 bits per heavy atom. The molecule has 1 aromatic carbocycles. The molecule has 0 unspecified atom stereocenters. The molecule has 0 bridgehead atoms. The van der Waals surface area contributed by atoms with Crippen molar-refractivity contribution < 1.29 is 4.79 Å². The normalized spacial score (nSPS) is 14.8. The van der Waals surface area contributed by atoms with Gasteiger partial charge in [0, 0.05) is 32.6 Å². The molecular weight excluding hydrogens is 403 g/mol. The predicted octanol–water partition coefficient (Wildman–Crippen LogP) is 2.58. The van der Waals surface area contributed by atoms with Gasteiger partial charge in [-0.2, -0.15) is 0 Å². The van der Waals surface area contributed by atoms with Crippen LogP contribution in [0.1, 0.15) is 37.8 Å². The minimum atomic E-state index is 0. The van der Waals surface area contributed by atoms with E-state index in [9.17, 15) is 4.79 Å². The van der Waals surface area contributed by atoms with E-state index in [1.807, 2.05) is 9.80 Å². The van der Waals surface area contributed by atoms with Crippen LogP contribution >= 0.6 is 24.0 Å². The summed E-state index contributed by atoms with van der Waals surface area (Å²) < 4.78 is 0. The van der Waals surface area contributed by atoms with E-state index < -0.39 is 0 Å². The second-order valence-electron chi connectivity index (χ2n) is 5.58. The summed E-state index contributed by atoms with van der Waals surface area (Å²) in [5, 5.41) is 0. The predicted molar refractivity (Wildman–Crippen MR) is 105 cm³/mol. The first-order chi connectivity index (χ1) is 10.6. The number of carbonyl (C=O) groups is 1.